The molecule has 1 aromatic carbocycles. The summed E-state index contributed by atoms with van der Waals surface area (Å²) in [5.41, 5.74) is 1.58. The minimum Gasteiger partial charge on any atom is -0.467 e. The Labute approximate surface area is 158 Å². The fourth-order valence-corrected chi connectivity index (χ4v) is 3.43. The molecule has 6 nitrogen and oxygen atoms in total. The third kappa shape index (κ3) is 3.40. The van der Waals surface area contributed by atoms with Crippen molar-refractivity contribution in [3.8, 4) is 0 Å². The average Bonchev–Trinajstić information content (AvgIpc) is 3.43. The molecule has 0 radical (unpaired) electrons. The molecule has 6 heteroatoms. The molecule has 0 fully saturated rings. The van der Waals surface area contributed by atoms with Gasteiger partial charge in [-0.3, -0.25) is 9.69 Å². The van der Waals surface area contributed by atoms with E-state index in [1.165, 1.54) is 0 Å². The maximum absolute atomic E-state index is 12.9. The van der Waals surface area contributed by atoms with Crippen molar-refractivity contribution in [1.29, 1.82) is 0 Å². The van der Waals surface area contributed by atoms with Crippen LogP contribution in [0.1, 0.15) is 37.8 Å². The Morgan fingerprint density at radius 2 is 2.04 bits per heavy atom. The lowest BCUT2D eigenvalue weighted by molar-refractivity contribution is -0.134. The van der Waals surface area contributed by atoms with Crippen LogP contribution in [0.4, 0.5) is 0 Å². The van der Waals surface area contributed by atoms with E-state index in [4.69, 9.17) is 8.83 Å². The summed E-state index contributed by atoms with van der Waals surface area (Å²) in [7, 11) is 0. The number of amides is 1. The van der Waals surface area contributed by atoms with E-state index in [-0.39, 0.29) is 11.9 Å². The van der Waals surface area contributed by atoms with Gasteiger partial charge in [-0.15, -0.1) is 0 Å². The SMILES string of the molecule is CCN(CC)CC(=O)N1N=C(c2cc3ccccc3o2)CC1c1ccco1. The lowest BCUT2D eigenvalue weighted by atomic mass is 10.1. The van der Waals surface area contributed by atoms with E-state index >= 15 is 0 Å². The van der Waals surface area contributed by atoms with Crippen molar-refractivity contribution in [3.63, 3.8) is 0 Å². The molecule has 4 rings (SSSR count). The maximum atomic E-state index is 12.9. The Morgan fingerprint density at radius 3 is 2.74 bits per heavy atom. The predicted molar refractivity (Wildman–Crippen MR) is 103 cm³/mol. The molecule has 27 heavy (non-hydrogen) atoms. The molecular formula is C21H23N3O3. The minimum atomic E-state index is -0.244. The molecule has 1 aliphatic rings. The summed E-state index contributed by atoms with van der Waals surface area (Å²) in [4.78, 5) is 15.0. The van der Waals surface area contributed by atoms with Crippen LogP contribution in [0, 0.1) is 0 Å². The van der Waals surface area contributed by atoms with Gasteiger partial charge >= 0.3 is 0 Å². The van der Waals surface area contributed by atoms with Crippen molar-refractivity contribution in [2.45, 2.75) is 26.3 Å². The number of fused-ring (bicyclic) bond motifs is 1. The van der Waals surface area contributed by atoms with Gasteiger partial charge in [-0.25, -0.2) is 5.01 Å². The summed E-state index contributed by atoms with van der Waals surface area (Å²) >= 11 is 0. The average molecular weight is 365 g/mol. The highest BCUT2D eigenvalue weighted by Crippen LogP contribution is 2.34. The zero-order chi connectivity index (χ0) is 18.8. The molecule has 2 aromatic heterocycles. The second kappa shape index (κ2) is 7.40. The number of likely N-dealkylation sites (N-methyl/N-ethyl adjacent to an activating group) is 1. The number of furan rings is 2. The normalized spacial score (nSPS) is 17.1. The van der Waals surface area contributed by atoms with Crippen molar-refractivity contribution < 1.29 is 13.6 Å². The van der Waals surface area contributed by atoms with Crippen LogP contribution in [0.3, 0.4) is 0 Å². The highest BCUT2D eigenvalue weighted by Gasteiger charge is 2.36. The molecule has 3 aromatic rings. The van der Waals surface area contributed by atoms with Crippen LogP contribution in [-0.4, -0.2) is 41.2 Å². The van der Waals surface area contributed by atoms with Crippen LogP contribution < -0.4 is 0 Å². The molecule has 1 unspecified atom stereocenters. The Kier molecular flexibility index (Phi) is 4.81. The van der Waals surface area contributed by atoms with Gasteiger partial charge in [-0.05, 0) is 37.4 Å². The van der Waals surface area contributed by atoms with Gasteiger partial charge in [0.15, 0.2) is 5.76 Å². The van der Waals surface area contributed by atoms with E-state index < -0.39 is 0 Å². The fourth-order valence-electron chi connectivity index (χ4n) is 3.43. The third-order valence-electron chi connectivity index (χ3n) is 5.00. The maximum Gasteiger partial charge on any atom is 0.257 e. The first-order chi connectivity index (χ1) is 13.2. The van der Waals surface area contributed by atoms with Gasteiger partial charge in [0.1, 0.15) is 23.1 Å². The lowest BCUT2D eigenvalue weighted by Crippen LogP contribution is -2.38. The number of para-hydroxylation sites is 1. The predicted octanol–water partition coefficient (Wildman–Crippen LogP) is 4.05. The van der Waals surface area contributed by atoms with Gasteiger partial charge in [0.2, 0.25) is 0 Å². The molecule has 0 saturated heterocycles. The number of hydrogen-bond donors (Lipinski definition) is 0. The summed E-state index contributed by atoms with van der Waals surface area (Å²) < 4.78 is 11.5. The second-order valence-electron chi connectivity index (χ2n) is 6.63. The van der Waals surface area contributed by atoms with Gasteiger partial charge in [0.25, 0.3) is 5.91 Å². The van der Waals surface area contributed by atoms with Crippen molar-refractivity contribution >= 4 is 22.6 Å². The van der Waals surface area contributed by atoms with Gasteiger partial charge < -0.3 is 8.83 Å². The second-order valence-corrected chi connectivity index (χ2v) is 6.63. The number of carbonyl (C=O) groups is 1. The summed E-state index contributed by atoms with van der Waals surface area (Å²) in [6.07, 6.45) is 2.19. The van der Waals surface area contributed by atoms with Crippen molar-refractivity contribution in [3.05, 3.63) is 60.2 Å². The number of hydrazone groups is 1. The molecule has 0 spiro atoms. The summed E-state index contributed by atoms with van der Waals surface area (Å²) in [6, 6.07) is 13.3. The number of benzene rings is 1. The van der Waals surface area contributed by atoms with Crippen molar-refractivity contribution in [2.24, 2.45) is 5.10 Å². The molecule has 1 aliphatic heterocycles. The van der Waals surface area contributed by atoms with Crippen LogP contribution >= 0.6 is 0 Å². The van der Waals surface area contributed by atoms with Gasteiger partial charge in [-0.1, -0.05) is 32.0 Å². The largest absolute Gasteiger partial charge is 0.467 e. The topological polar surface area (TPSA) is 62.2 Å². The fraction of sp³-hybridized carbons (Fsp3) is 0.333. The van der Waals surface area contributed by atoms with Crippen LogP contribution in [0.2, 0.25) is 0 Å². The molecule has 0 bridgehead atoms. The molecule has 0 aliphatic carbocycles. The van der Waals surface area contributed by atoms with E-state index in [2.05, 4.69) is 10.0 Å². The summed E-state index contributed by atoms with van der Waals surface area (Å²) in [6.45, 7) is 6.08. The Morgan fingerprint density at radius 1 is 1.22 bits per heavy atom. The van der Waals surface area contributed by atoms with Crippen LogP contribution in [0.25, 0.3) is 11.0 Å². The standard InChI is InChI=1S/C21H23N3O3/c1-3-23(4-2)14-21(25)24-17(19-10-7-11-26-19)13-16(22-24)20-12-15-8-5-6-9-18(15)27-20/h5-12,17H,3-4,13-14H2,1-2H3. The zero-order valence-electron chi connectivity index (χ0n) is 15.6. The molecular weight excluding hydrogens is 342 g/mol. The summed E-state index contributed by atoms with van der Waals surface area (Å²) in [5.74, 6) is 1.40. The highest BCUT2D eigenvalue weighted by molar-refractivity contribution is 6.03. The lowest BCUT2D eigenvalue weighted by Gasteiger charge is -2.24. The quantitative estimate of drug-likeness (QED) is 0.661. The Balaban J connectivity index is 1.65. The van der Waals surface area contributed by atoms with Gasteiger partial charge in [-0.2, -0.15) is 5.10 Å². The van der Waals surface area contributed by atoms with Crippen molar-refractivity contribution in [1.82, 2.24) is 9.91 Å². The number of nitrogens with zero attached hydrogens (tertiary/aromatic N) is 3. The number of carbonyl (C=O) groups excluding carboxylic acids is 1. The van der Waals surface area contributed by atoms with Crippen LogP contribution in [0.15, 0.2) is 62.7 Å². The first-order valence-corrected chi connectivity index (χ1v) is 9.33. The molecule has 1 amide bonds. The number of rotatable bonds is 6. The minimum absolute atomic E-state index is 0.0359. The van der Waals surface area contributed by atoms with E-state index in [1.54, 1.807) is 11.3 Å². The molecule has 0 saturated carbocycles. The molecule has 0 N–H and O–H groups in total. The Hall–Kier alpha value is -2.86. The monoisotopic (exact) mass is 365 g/mol. The molecule has 3 heterocycles. The molecule has 1 atom stereocenters. The first-order valence-electron chi connectivity index (χ1n) is 9.33. The Bertz CT molecular complexity index is 921. The zero-order valence-corrected chi connectivity index (χ0v) is 15.6. The highest BCUT2D eigenvalue weighted by atomic mass is 16.3. The first kappa shape index (κ1) is 17.5. The van der Waals surface area contributed by atoms with Crippen LogP contribution in [-0.2, 0) is 4.79 Å². The van der Waals surface area contributed by atoms with Crippen molar-refractivity contribution in [2.75, 3.05) is 19.6 Å². The van der Waals surface area contributed by atoms with E-state index in [0.29, 0.717) is 18.7 Å². The number of hydrogen-bond acceptors (Lipinski definition) is 5. The van der Waals surface area contributed by atoms with E-state index in [9.17, 15) is 4.79 Å². The van der Waals surface area contributed by atoms with E-state index in [1.807, 2.05) is 56.3 Å². The third-order valence-corrected chi connectivity index (χ3v) is 5.00. The smallest absolute Gasteiger partial charge is 0.257 e. The summed E-state index contributed by atoms with van der Waals surface area (Å²) in [5, 5.41) is 7.21. The van der Waals surface area contributed by atoms with Crippen LogP contribution in [0.5, 0.6) is 0 Å². The van der Waals surface area contributed by atoms with Gasteiger partial charge in [0, 0.05) is 11.8 Å². The van der Waals surface area contributed by atoms with E-state index in [0.717, 1.165) is 35.5 Å². The molecule has 140 valence electrons. The van der Waals surface area contributed by atoms with Gasteiger partial charge in [0.05, 0.1) is 12.8 Å².